The predicted octanol–water partition coefficient (Wildman–Crippen LogP) is 4.40. The van der Waals surface area contributed by atoms with Crippen LogP contribution in [-0.4, -0.2) is 55.5 Å². The van der Waals surface area contributed by atoms with E-state index in [9.17, 15) is 0 Å². The van der Waals surface area contributed by atoms with Gasteiger partial charge in [0.2, 0.25) is 0 Å². The topological polar surface area (TPSA) is 37.3 Å². The molecule has 1 aromatic rings. The van der Waals surface area contributed by atoms with Gasteiger partial charge in [-0.3, -0.25) is 4.90 Å². The number of hydrogen-bond donors (Lipinski definition) is 0. The average molecular weight is 404 g/mol. The van der Waals surface area contributed by atoms with E-state index in [1.165, 1.54) is 37.0 Å². The van der Waals surface area contributed by atoms with Gasteiger partial charge in [0, 0.05) is 37.4 Å². The smallest absolute Gasteiger partial charge is 0.161 e. The molecule has 156 valence electrons. The van der Waals surface area contributed by atoms with Crippen molar-refractivity contribution in [1.82, 2.24) is 9.80 Å². The molecule has 5 heteroatoms. The summed E-state index contributed by atoms with van der Waals surface area (Å²) in [6.07, 6.45) is 16.5. The maximum absolute atomic E-state index is 5.44. The fourth-order valence-corrected chi connectivity index (χ4v) is 4.54. The van der Waals surface area contributed by atoms with Crippen molar-refractivity contribution in [2.45, 2.75) is 31.7 Å². The van der Waals surface area contributed by atoms with Crippen LogP contribution in [0.2, 0.25) is 0 Å². The van der Waals surface area contributed by atoms with Crippen molar-refractivity contribution in [3.05, 3.63) is 65.4 Å². The van der Waals surface area contributed by atoms with Crippen molar-refractivity contribution >= 4 is 11.5 Å². The highest BCUT2D eigenvalue weighted by molar-refractivity contribution is 6.00. The van der Waals surface area contributed by atoms with Crippen molar-refractivity contribution in [3.63, 3.8) is 0 Å². The van der Waals surface area contributed by atoms with Gasteiger partial charge in [0.15, 0.2) is 11.5 Å². The zero-order valence-corrected chi connectivity index (χ0v) is 17.8. The Labute approximate surface area is 178 Å². The van der Waals surface area contributed by atoms with E-state index in [0.29, 0.717) is 0 Å². The van der Waals surface area contributed by atoms with E-state index in [1.807, 2.05) is 18.2 Å². The summed E-state index contributed by atoms with van der Waals surface area (Å²) in [4.78, 5) is 9.77. The highest BCUT2D eigenvalue weighted by Gasteiger charge is 2.27. The van der Waals surface area contributed by atoms with Crippen LogP contribution in [-0.2, 0) is 0 Å². The third-order valence-corrected chi connectivity index (χ3v) is 6.60. The summed E-state index contributed by atoms with van der Waals surface area (Å²) in [5, 5.41) is 0. The Hall–Kier alpha value is -2.79. The second-order valence-corrected chi connectivity index (χ2v) is 8.26. The lowest BCUT2D eigenvalue weighted by atomic mass is 9.89. The van der Waals surface area contributed by atoms with Gasteiger partial charge < -0.3 is 14.4 Å². The number of amidine groups is 1. The Kier molecular flexibility index (Phi) is 5.21. The van der Waals surface area contributed by atoms with Crippen LogP contribution >= 0.6 is 0 Å². The second kappa shape index (κ2) is 8.15. The number of allylic oxidation sites excluding steroid dienone is 2. The van der Waals surface area contributed by atoms with Crippen LogP contribution in [0.25, 0.3) is 5.70 Å². The van der Waals surface area contributed by atoms with E-state index in [2.05, 4.69) is 40.3 Å². The Morgan fingerprint density at radius 1 is 1.00 bits per heavy atom. The minimum absolute atomic E-state index is 0.722. The van der Waals surface area contributed by atoms with Gasteiger partial charge in [-0.1, -0.05) is 12.5 Å². The van der Waals surface area contributed by atoms with E-state index in [-0.39, 0.29) is 0 Å². The van der Waals surface area contributed by atoms with Crippen molar-refractivity contribution in [1.29, 1.82) is 0 Å². The second-order valence-electron chi connectivity index (χ2n) is 8.26. The molecule has 0 bridgehead atoms. The Balaban J connectivity index is 1.30. The van der Waals surface area contributed by atoms with Crippen LogP contribution < -0.4 is 9.47 Å². The van der Waals surface area contributed by atoms with Crippen LogP contribution in [0.1, 0.15) is 31.2 Å². The molecule has 1 aliphatic carbocycles. The first-order valence-corrected chi connectivity index (χ1v) is 10.9. The number of hydrogen-bond acceptors (Lipinski definition) is 5. The first-order chi connectivity index (χ1) is 14.7. The van der Waals surface area contributed by atoms with E-state index in [4.69, 9.17) is 14.5 Å². The highest BCUT2D eigenvalue weighted by atomic mass is 16.5. The first kappa shape index (κ1) is 19.2. The summed E-state index contributed by atoms with van der Waals surface area (Å²) in [5.41, 5.74) is 4.80. The zero-order chi connectivity index (χ0) is 20.5. The molecule has 0 amide bonds. The van der Waals surface area contributed by atoms with Crippen molar-refractivity contribution in [3.8, 4) is 11.5 Å². The van der Waals surface area contributed by atoms with E-state index >= 15 is 0 Å². The van der Waals surface area contributed by atoms with Gasteiger partial charge in [-0.2, -0.15) is 0 Å². The molecule has 4 aliphatic rings. The standard InChI is InChI=1S/C25H29N3O2/c1-29-23-8-6-19(16-24(23)30-2)22-12-15-28-17-20(7-9-25(28)26-22)18-10-13-27(14-11-18)21-4-3-5-21/h6-10,12,16-17,21H,3-5,11,13-15H2,1-2H3. The Bertz CT molecular complexity index is 982. The summed E-state index contributed by atoms with van der Waals surface area (Å²) in [7, 11) is 3.31. The van der Waals surface area contributed by atoms with Gasteiger partial charge >= 0.3 is 0 Å². The molecular weight excluding hydrogens is 374 g/mol. The predicted molar refractivity (Wildman–Crippen MR) is 121 cm³/mol. The van der Waals surface area contributed by atoms with Crippen LogP contribution in [0.3, 0.4) is 0 Å². The normalized spacial score (nSPS) is 21.7. The van der Waals surface area contributed by atoms with Crippen LogP contribution in [0.15, 0.2) is 64.8 Å². The molecule has 3 aliphatic heterocycles. The minimum Gasteiger partial charge on any atom is -0.493 e. The maximum atomic E-state index is 5.44. The van der Waals surface area contributed by atoms with Crippen LogP contribution in [0.5, 0.6) is 11.5 Å². The zero-order valence-electron chi connectivity index (χ0n) is 17.8. The summed E-state index contributed by atoms with van der Waals surface area (Å²) < 4.78 is 10.8. The van der Waals surface area contributed by atoms with Crippen LogP contribution in [0.4, 0.5) is 0 Å². The van der Waals surface area contributed by atoms with E-state index < -0.39 is 0 Å². The molecule has 3 heterocycles. The largest absolute Gasteiger partial charge is 0.493 e. The van der Waals surface area contributed by atoms with Gasteiger partial charge in [0.05, 0.1) is 19.9 Å². The summed E-state index contributed by atoms with van der Waals surface area (Å²) in [5.74, 6) is 2.44. The first-order valence-electron chi connectivity index (χ1n) is 10.9. The number of fused-ring (bicyclic) bond motifs is 1. The summed E-state index contributed by atoms with van der Waals surface area (Å²) in [6.45, 7) is 3.10. The Morgan fingerprint density at radius 2 is 1.87 bits per heavy atom. The molecule has 0 unspecified atom stereocenters. The number of benzene rings is 1. The maximum Gasteiger partial charge on any atom is 0.161 e. The van der Waals surface area contributed by atoms with Gasteiger partial charge in [-0.25, -0.2) is 4.99 Å². The quantitative estimate of drug-likeness (QED) is 0.730. The summed E-state index contributed by atoms with van der Waals surface area (Å²) in [6, 6.07) is 6.78. The summed E-state index contributed by atoms with van der Waals surface area (Å²) >= 11 is 0. The van der Waals surface area contributed by atoms with E-state index in [1.54, 1.807) is 14.2 Å². The molecule has 1 fully saturated rings. The van der Waals surface area contributed by atoms with Gasteiger partial charge in [-0.15, -0.1) is 0 Å². The van der Waals surface area contributed by atoms with Gasteiger partial charge in [0.25, 0.3) is 0 Å². The third kappa shape index (κ3) is 3.58. The third-order valence-electron chi connectivity index (χ3n) is 6.60. The molecule has 0 spiro atoms. The van der Waals surface area contributed by atoms with E-state index in [0.717, 1.165) is 54.1 Å². The molecule has 0 saturated heterocycles. The van der Waals surface area contributed by atoms with Crippen molar-refractivity contribution in [2.24, 2.45) is 4.99 Å². The lowest BCUT2D eigenvalue weighted by Crippen LogP contribution is -2.42. The highest BCUT2D eigenvalue weighted by Crippen LogP contribution is 2.33. The van der Waals surface area contributed by atoms with Crippen LogP contribution in [0, 0.1) is 0 Å². The number of rotatable bonds is 5. The molecular formula is C25H29N3O2. The average Bonchev–Trinajstić information content (AvgIpc) is 2.77. The SMILES string of the molecule is COc1ccc(C2=CCN3C=C(C4=CCN(C5CCC5)CC4)C=CC3=N2)cc1OC. The molecule has 30 heavy (non-hydrogen) atoms. The lowest BCUT2D eigenvalue weighted by Gasteiger charge is -2.39. The molecule has 0 atom stereocenters. The molecule has 0 N–H and O–H groups in total. The Morgan fingerprint density at radius 3 is 2.57 bits per heavy atom. The molecule has 0 radical (unpaired) electrons. The minimum atomic E-state index is 0.722. The van der Waals surface area contributed by atoms with Gasteiger partial charge in [-0.05, 0) is 66.8 Å². The fourth-order valence-electron chi connectivity index (χ4n) is 4.54. The lowest BCUT2D eigenvalue weighted by molar-refractivity contribution is 0.138. The molecule has 5 rings (SSSR count). The molecule has 0 aromatic heterocycles. The molecule has 1 aromatic carbocycles. The molecule has 1 saturated carbocycles. The number of aliphatic imine (C=N–C) groups is 1. The number of ether oxygens (including phenoxy) is 2. The van der Waals surface area contributed by atoms with Gasteiger partial charge in [0.1, 0.15) is 5.84 Å². The molecule has 5 nitrogen and oxygen atoms in total. The number of nitrogens with zero attached hydrogens (tertiary/aromatic N) is 3. The number of methoxy groups -OCH3 is 2. The van der Waals surface area contributed by atoms with Crippen molar-refractivity contribution < 1.29 is 9.47 Å². The fraction of sp³-hybridized carbons (Fsp3) is 0.400. The monoisotopic (exact) mass is 403 g/mol. The van der Waals surface area contributed by atoms with Crippen molar-refractivity contribution in [2.75, 3.05) is 33.9 Å².